The quantitative estimate of drug-likeness (QED) is 0.874. The molecule has 0 spiro atoms. The summed E-state index contributed by atoms with van der Waals surface area (Å²) in [4.78, 5) is 11.7. The van der Waals surface area contributed by atoms with Gasteiger partial charge < -0.3 is 11.1 Å². The molecule has 1 aromatic carbocycles. The molecule has 0 bridgehead atoms. The molecule has 3 nitrogen and oxygen atoms in total. The van der Waals surface area contributed by atoms with Gasteiger partial charge in [-0.05, 0) is 25.5 Å². The van der Waals surface area contributed by atoms with Crippen molar-refractivity contribution in [2.45, 2.75) is 19.4 Å². The molecule has 3 N–H and O–H groups in total. The molecule has 16 heavy (non-hydrogen) atoms. The van der Waals surface area contributed by atoms with E-state index in [1.807, 2.05) is 6.92 Å². The normalized spacial score (nSPS) is 12.2. The summed E-state index contributed by atoms with van der Waals surface area (Å²) in [5, 5.41) is 3.43. The third-order valence-electron chi connectivity index (χ3n) is 2.08. The zero-order chi connectivity index (χ0) is 12.1. The predicted molar refractivity (Wildman–Crippen MR) is 67.1 cm³/mol. The molecule has 1 aromatic rings. The second kappa shape index (κ2) is 6.09. The molecule has 0 aliphatic rings. The van der Waals surface area contributed by atoms with Crippen molar-refractivity contribution in [1.29, 1.82) is 0 Å². The second-order valence-corrected chi connectivity index (χ2v) is 4.43. The fraction of sp³-hybridized carbons (Fsp3) is 0.364. The Hall–Kier alpha value is -0.770. The topological polar surface area (TPSA) is 55.1 Å². The van der Waals surface area contributed by atoms with Crippen molar-refractivity contribution in [2.24, 2.45) is 5.73 Å². The number of hydrogen-bond donors (Lipinski definition) is 2. The SMILES string of the molecule is CC(N)CCNC(=O)c1c(Cl)cccc1Cl. The molecule has 0 radical (unpaired) electrons. The number of halogens is 2. The van der Waals surface area contributed by atoms with Gasteiger partial charge in [-0.2, -0.15) is 0 Å². The summed E-state index contributed by atoms with van der Waals surface area (Å²) < 4.78 is 0. The number of benzene rings is 1. The lowest BCUT2D eigenvalue weighted by Crippen LogP contribution is -2.29. The Bertz CT molecular complexity index is 360. The van der Waals surface area contributed by atoms with Crippen LogP contribution in [0.4, 0.5) is 0 Å². The minimum absolute atomic E-state index is 0.0574. The minimum Gasteiger partial charge on any atom is -0.352 e. The number of carbonyl (C=O) groups is 1. The summed E-state index contributed by atoms with van der Waals surface area (Å²) in [6.45, 7) is 2.40. The van der Waals surface area contributed by atoms with E-state index in [1.165, 1.54) is 0 Å². The molecule has 1 atom stereocenters. The van der Waals surface area contributed by atoms with E-state index in [0.29, 0.717) is 28.6 Å². The van der Waals surface area contributed by atoms with Gasteiger partial charge in [0.1, 0.15) is 0 Å². The monoisotopic (exact) mass is 260 g/mol. The van der Waals surface area contributed by atoms with E-state index in [0.717, 1.165) is 0 Å². The van der Waals surface area contributed by atoms with Crippen molar-refractivity contribution >= 4 is 29.1 Å². The number of carbonyl (C=O) groups excluding carboxylic acids is 1. The van der Waals surface area contributed by atoms with Crippen LogP contribution in [0, 0.1) is 0 Å². The molecule has 0 aliphatic carbocycles. The van der Waals surface area contributed by atoms with E-state index in [-0.39, 0.29) is 11.9 Å². The van der Waals surface area contributed by atoms with Gasteiger partial charge in [-0.25, -0.2) is 0 Å². The van der Waals surface area contributed by atoms with Crippen molar-refractivity contribution in [3.63, 3.8) is 0 Å². The van der Waals surface area contributed by atoms with Crippen molar-refractivity contribution in [3.05, 3.63) is 33.8 Å². The lowest BCUT2D eigenvalue weighted by atomic mass is 10.2. The third-order valence-corrected chi connectivity index (χ3v) is 2.71. The molecule has 1 unspecified atom stereocenters. The Kier molecular flexibility index (Phi) is 5.06. The van der Waals surface area contributed by atoms with Gasteiger partial charge in [0.05, 0.1) is 15.6 Å². The first-order valence-electron chi connectivity index (χ1n) is 5.00. The van der Waals surface area contributed by atoms with Gasteiger partial charge in [-0.15, -0.1) is 0 Å². The summed E-state index contributed by atoms with van der Waals surface area (Å²) in [6, 6.07) is 5.02. The molecule has 0 aromatic heterocycles. The maximum atomic E-state index is 11.7. The number of nitrogens with two attached hydrogens (primary N) is 1. The standard InChI is InChI=1S/C11H14Cl2N2O/c1-7(14)5-6-15-11(16)10-8(12)3-2-4-9(10)13/h2-4,7H,5-6,14H2,1H3,(H,15,16). The average Bonchev–Trinajstić information content (AvgIpc) is 2.16. The van der Waals surface area contributed by atoms with Gasteiger partial charge in [0.15, 0.2) is 0 Å². The number of nitrogens with one attached hydrogen (secondary N) is 1. The zero-order valence-corrected chi connectivity index (χ0v) is 10.5. The summed E-state index contributed by atoms with van der Waals surface area (Å²) in [6.07, 6.45) is 0.716. The molecule has 1 amide bonds. The Morgan fingerprint density at radius 2 is 2.00 bits per heavy atom. The van der Waals surface area contributed by atoms with Crippen LogP contribution < -0.4 is 11.1 Å². The first kappa shape index (κ1) is 13.3. The fourth-order valence-corrected chi connectivity index (χ4v) is 1.79. The molecule has 0 saturated heterocycles. The highest BCUT2D eigenvalue weighted by molar-refractivity contribution is 6.39. The van der Waals surface area contributed by atoms with Crippen molar-refractivity contribution in [2.75, 3.05) is 6.54 Å². The van der Waals surface area contributed by atoms with Crippen LogP contribution in [0.5, 0.6) is 0 Å². The van der Waals surface area contributed by atoms with Crippen LogP contribution in [0.1, 0.15) is 23.7 Å². The molecule has 0 aliphatic heterocycles. The van der Waals surface area contributed by atoms with E-state index in [4.69, 9.17) is 28.9 Å². The zero-order valence-electron chi connectivity index (χ0n) is 8.97. The van der Waals surface area contributed by atoms with Crippen molar-refractivity contribution < 1.29 is 4.79 Å². The molecule has 0 heterocycles. The highest BCUT2D eigenvalue weighted by atomic mass is 35.5. The van der Waals surface area contributed by atoms with Crippen LogP contribution in [0.3, 0.4) is 0 Å². The molecule has 1 rings (SSSR count). The summed E-state index contributed by atoms with van der Waals surface area (Å²) in [5.41, 5.74) is 5.89. The minimum atomic E-state index is -0.267. The van der Waals surface area contributed by atoms with E-state index in [1.54, 1.807) is 18.2 Å². The van der Waals surface area contributed by atoms with Gasteiger partial charge in [0, 0.05) is 12.6 Å². The number of hydrogen-bond acceptors (Lipinski definition) is 2. The van der Waals surface area contributed by atoms with Gasteiger partial charge >= 0.3 is 0 Å². The largest absolute Gasteiger partial charge is 0.352 e. The number of amides is 1. The molecule has 0 saturated carbocycles. The Labute approximate surface area is 105 Å². The van der Waals surface area contributed by atoms with Gasteiger partial charge in [-0.1, -0.05) is 29.3 Å². The highest BCUT2D eigenvalue weighted by Gasteiger charge is 2.13. The Morgan fingerprint density at radius 1 is 1.44 bits per heavy atom. The molecule has 5 heteroatoms. The van der Waals surface area contributed by atoms with E-state index in [2.05, 4.69) is 5.32 Å². The lowest BCUT2D eigenvalue weighted by Gasteiger charge is -2.09. The van der Waals surface area contributed by atoms with Crippen LogP contribution in [0.2, 0.25) is 10.0 Å². The maximum absolute atomic E-state index is 11.7. The van der Waals surface area contributed by atoms with Crippen LogP contribution in [0.25, 0.3) is 0 Å². The first-order valence-corrected chi connectivity index (χ1v) is 5.75. The smallest absolute Gasteiger partial charge is 0.254 e. The maximum Gasteiger partial charge on any atom is 0.254 e. The molecular weight excluding hydrogens is 247 g/mol. The van der Waals surface area contributed by atoms with E-state index >= 15 is 0 Å². The van der Waals surface area contributed by atoms with Crippen molar-refractivity contribution in [3.8, 4) is 0 Å². The second-order valence-electron chi connectivity index (χ2n) is 3.62. The van der Waals surface area contributed by atoms with E-state index < -0.39 is 0 Å². The molecule has 0 fully saturated rings. The van der Waals surface area contributed by atoms with Gasteiger partial charge in [-0.3, -0.25) is 4.79 Å². The fourth-order valence-electron chi connectivity index (χ4n) is 1.22. The van der Waals surface area contributed by atoms with Crippen LogP contribution >= 0.6 is 23.2 Å². The van der Waals surface area contributed by atoms with Crippen LogP contribution in [-0.2, 0) is 0 Å². The molecular formula is C11H14Cl2N2O. The average molecular weight is 261 g/mol. The van der Waals surface area contributed by atoms with Crippen LogP contribution in [-0.4, -0.2) is 18.5 Å². The Balaban J connectivity index is 2.66. The van der Waals surface area contributed by atoms with Gasteiger partial charge in [0.25, 0.3) is 5.91 Å². The molecule has 88 valence electrons. The lowest BCUT2D eigenvalue weighted by molar-refractivity contribution is 0.0953. The van der Waals surface area contributed by atoms with Gasteiger partial charge in [0.2, 0.25) is 0 Å². The van der Waals surface area contributed by atoms with E-state index in [9.17, 15) is 4.79 Å². The highest BCUT2D eigenvalue weighted by Crippen LogP contribution is 2.23. The summed E-state index contributed by atoms with van der Waals surface area (Å²) in [5.74, 6) is -0.267. The third kappa shape index (κ3) is 3.67. The predicted octanol–water partition coefficient (Wildman–Crippen LogP) is 2.46. The van der Waals surface area contributed by atoms with Crippen LogP contribution in [0.15, 0.2) is 18.2 Å². The summed E-state index contributed by atoms with van der Waals surface area (Å²) >= 11 is 11.8. The number of rotatable bonds is 4. The summed E-state index contributed by atoms with van der Waals surface area (Å²) in [7, 11) is 0. The Morgan fingerprint density at radius 3 is 2.50 bits per heavy atom. The van der Waals surface area contributed by atoms with Crippen molar-refractivity contribution in [1.82, 2.24) is 5.32 Å². The first-order chi connectivity index (χ1) is 7.52.